The van der Waals surface area contributed by atoms with Gasteiger partial charge < -0.3 is 10.2 Å². The minimum absolute atomic E-state index is 0. The fourth-order valence-corrected chi connectivity index (χ4v) is 3.82. The predicted molar refractivity (Wildman–Crippen MR) is 83.5 cm³/mol. The zero-order chi connectivity index (χ0) is 15.0. The normalized spacial score (nSPS) is 31.8. The van der Waals surface area contributed by atoms with Gasteiger partial charge in [0.1, 0.15) is 6.54 Å². The average Bonchev–Trinajstić information content (AvgIpc) is 2.73. The van der Waals surface area contributed by atoms with E-state index in [9.17, 15) is 14.4 Å². The van der Waals surface area contributed by atoms with Crippen LogP contribution in [0.2, 0.25) is 0 Å². The van der Waals surface area contributed by atoms with E-state index >= 15 is 0 Å². The van der Waals surface area contributed by atoms with Crippen LogP contribution in [0.5, 0.6) is 0 Å². The number of nitrogens with zero attached hydrogens (tertiary/aromatic N) is 2. The Morgan fingerprint density at radius 1 is 1.18 bits per heavy atom. The van der Waals surface area contributed by atoms with Crippen molar-refractivity contribution in [3.8, 4) is 0 Å². The summed E-state index contributed by atoms with van der Waals surface area (Å²) in [5.74, 6) is -0.690. The second kappa shape index (κ2) is 6.96. The molecule has 7 heteroatoms. The van der Waals surface area contributed by atoms with Gasteiger partial charge in [-0.1, -0.05) is 12.8 Å². The van der Waals surface area contributed by atoms with Crippen LogP contribution in [0.1, 0.15) is 32.6 Å². The number of carbonyl (C=O) groups excluding carboxylic acids is 3. The lowest BCUT2D eigenvalue weighted by Crippen LogP contribution is -2.55. The minimum atomic E-state index is -0.167. The highest BCUT2D eigenvalue weighted by atomic mass is 35.5. The van der Waals surface area contributed by atoms with E-state index in [0.29, 0.717) is 6.54 Å². The molecule has 0 bridgehead atoms. The van der Waals surface area contributed by atoms with E-state index in [1.54, 1.807) is 4.90 Å². The molecule has 1 saturated carbocycles. The molecule has 3 fully saturated rings. The van der Waals surface area contributed by atoms with E-state index in [4.69, 9.17) is 0 Å². The summed E-state index contributed by atoms with van der Waals surface area (Å²) >= 11 is 0. The topological polar surface area (TPSA) is 69.7 Å². The maximum Gasteiger partial charge on any atom is 0.243 e. The molecule has 1 N–H and O–H groups in total. The summed E-state index contributed by atoms with van der Waals surface area (Å²) in [5.41, 5.74) is 0. The number of hydrogen-bond acceptors (Lipinski definition) is 4. The summed E-state index contributed by atoms with van der Waals surface area (Å²) in [7, 11) is 0. The van der Waals surface area contributed by atoms with E-state index in [1.807, 2.05) is 6.92 Å². The van der Waals surface area contributed by atoms with Gasteiger partial charge >= 0.3 is 0 Å². The number of likely N-dealkylation sites (tertiary alicyclic amines) is 1. The van der Waals surface area contributed by atoms with Crippen LogP contribution in [0.3, 0.4) is 0 Å². The van der Waals surface area contributed by atoms with Gasteiger partial charge in [-0.25, -0.2) is 0 Å². The summed E-state index contributed by atoms with van der Waals surface area (Å²) in [5, 5.41) is 3.23. The van der Waals surface area contributed by atoms with Crippen molar-refractivity contribution in [2.45, 2.75) is 38.6 Å². The van der Waals surface area contributed by atoms with Gasteiger partial charge in [0, 0.05) is 25.7 Å². The van der Waals surface area contributed by atoms with E-state index in [1.165, 1.54) is 4.90 Å². The largest absolute Gasteiger partial charge is 0.336 e. The average molecular weight is 330 g/mol. The number of nitrogens with one attached hydrogen (secondary N) is 1. The molecule has 0 aromatic heterocycles. The Hall–Kier alpha value is -1.14. The first-order valence-electron chi connectivity index (χ1n) is 7.95. The Labute approximate surface area is 137 Å². The molecule has 3 atom stereocenters. The quantitative estimate of drug-likeness (QED) is 0.745. The molecular weight excluding hydrogens is 306 g/mol. The number of imide groups is 1. The van der Waals surface area contributed by atoms with E-state index in [-0.39, 0.29) is 54.6 Å². The molecule has 22 heavy (non-hydrogen) atoms. The van der Waals surface area contributed by atoms with Crippen LogP contribution >= 0.6 is 12.4 Å². The summed E-state index contributed by atoms with van der Waals surface area (Å²) in [6, 6.07) is 0.112. The number of amides is 3. The summed E-state index contributed by atoms with van der Waals surface area (Å²) in [4.78, 5) is 40.2. The van der Waals surface area contributed by atoms with Crippen molar-refractivity contribution in [1.29, 1.82) is 0 Å². The van der Waals surface area contributed by atoms with Crippen molar-refractivity contribution >= 4 is 30.1 Å². The number of hydrogen-bond donors (Lipinski definition) is 1. The number of piperazine rings is 1. The number of fused-ring (bicyclic) bond motifs is 1. The molecule has 124 valence electrons. The standard InChI is InChI=1S/C15H23N3O3.ClH/c1-10-8-16-6-7-17(10)13(19)9-18-14(20)11-4-2-3-5-12(11)15(18)21;/h10-12,16H,2-9H2,1H3;1H/t10-,11?,12?;/m0./s1. The van der Waals surface area contributed by atoms with Gasteiger partial charge in [0.05, 0.1) is 11.8 Å². The van der Waals surface area contributed by atoms with E-state index in [2.05, 4.69) is 5.32 Å². The second-order valence-electron chi connectivity index (χ2n) is 6.40. The summed E-state index contributed by atoms with van der Waals surface area (Å²) < 4.78 is 0. The van der Waals surface area contributed by atoms with E-state index in [0.717, 1.165) is 38.8 Å². The van der Waals surface area contributed by atoms with Crippen molar-refractivity contribution in [3.05, 3.63) is 0 Å². The van der Waals surface area contributed by atoms with E-state index < -0.39 is 0 Å². The monoisotopic (exact) mass is 329 g/mol. The molecule has 3 rings (SSSR count). The molecule has 2 saturated heterocycles. The lowest BCUT2D eigenvalue weighted by molar-refractivity contribution is -0.147. The van der Waals surface area contributed by atoms with Gasteiger partial charge in [-0.2, -0.15) is 0 Å². The number of halogens is 1. The molecule has 0 radical (unpaired) electrons. The second-order valence-corrected chi connectivity index (χ2v) is 6.40. The third-order valence-corrected chi connectivity index (χ3v) is 5.05. The minimum Gasteiger partial charge on any atom is -0.336 e. The predicted octanol–water partition coefficient (Wildman–Crippen LogP) is 0.404. The lowest BCUT2D eigenvalue weighted by atomic mass is 9.81. The third kappa shape index (κ3) is 2.99. The van der Waals surface area contributed by atoms with Gasteiger partial charge in [0.25, 0.3) is 0 Å². The van der Waals surface area contributed by atoms with Crippen molar-refractivity contribution in [2.75, 3.05) is 26.2 Å². The molecular formula is C15H24ClN3O3. The first kappa shape index (κ1) is 17.2. The molecule has 6 nitrogen and oxygen atoms in total. The van der Waals surface area contributed by atoms with Gasteiger partial charge in [-0.3, -0.25) is 19.3 Å². The summed E-state index contributed by atoms with van der Waals surface area (Å²) in [6.45, 7) is 4.08. The smallest absolute Gasteiger partial charge is 0.243 e. The Bertz CT molecular complexity index is 447. The van der Waals surface area contributed by atoms with Crippen LogP contribution in [0.4, 0.5) is 0 Å². The SMILES string of the molecule is C[C@H]1CNCCN1C(=O)CN1C(=O)C2CCCCC2C1=O.Cl. The van der Waals surface area contributed by atoms with Crippen molar-refractivity contribution < 1.29 is 14.4 Å². The fraction of sp³-hybridized carbons (Fsp3) is 0.800. The molecule has 3 amide bonds. The molecule has 1 aliphatic carbocycles. The molecule has 0 aromatic rings. The van der Waals surface area contributed by atoms with Crippen molar-refractivity contribution in [2.24, 2.45) is 11.8 Å². The Balaban J connectivity index is 0.00000176. The molecule has 2 heterocycles. The van der Waals surface area contributed by atoms with Crippen LogP contribution < -0.4 is 5.32 Å². The van der Waals surface area contributed by atoms with Gasteiger partial charge in [-0.15, -0.1) is 12.4 Å². The first-order valence-corrected chi connectivity index (χ1v) is 7.95. The van der Waals surface area contributed by atoms with Gasteiger partial charge in [-0.05, 0) is 19.8 Å². The first-order chi connectivity index (χ1) is 10.1. The molecule has 2 unspecified atom stereocenters. The molecule has 2 aliphatic heterocycles. The highest BCUT2D eigenvalue weighted by molar-refractivity contribution is 6.07. The number of rotatable bonds is 2. The molecule has 3 aliphatic rings. The van der Waals surface area contributed by atoms with Crippen LogP contribution in [0.15, 0.2) is 0 Å². The van der Waals surface area contributed by atoms with Gasteiger partial charge in [0.15, 0.2) is 0 Å². The third-order valence-electron chi connectivity index (χ3n) is 5.05. The zero-order valence-corrected chi connectivity index (χ0v) is 13.7. The molecule has 0 spiro atoms. The lowest BCUT2D eigenvalue weighted by Gasteiger charge is -2.34. The van der Waals surface area contributed by atoms with Crippen LogP contribution in [-0.2, 0) is 14.4 Å². The Morgan fingerprint density at radius 3 is 2.32 bits per heavy atom. The highest BCUT2D eigenvalue weighted by Gasteiger charge is 2.48. The maximum atomic E-state index is 12.4. The highest BCUT2D eigenvalue weighted by Crippen LogP contribution is 2.37. The fourth-order valence-electron chi connectivity index (χ4n) is 3.82. The Kier molecular flexibility index (Phi) is 5.45. The maximum absolute atomic E-state index is 12.4. The van der Waals surface area contributed by atoms with Crippen LogP contribution in [0.25, 0.3) is 0 Å². The van der Waals surface area contributed by atoms with Crippen LogP contribution in [-0.4, -0.2) is 59.7 Å². The number of carbonyl (C=O) groups is 3. The van der Waals surface area contributed by atoms with Crippen LogP contribution in [0, 0.1) is 11.8 Å². The summed E-state index contributed by atoms with van der Waals surface area (Å²) in [6.07, 6.45) is 3.61. The van der Waals surface area contributed by atoms with Gasteiger partial charge in [0.2, 0.25) is 17.7 Å². The van der Waals surface area contributed by atoms with Crippen molar-refractivity contribution in [3.63, 3.8) is 0 Å². The van der Waals surface area contributed by atoms with Crippen molar-refractivity contribution in [1.82, 2.24) is 15.1 Å². The molecule has 0 aromatic carbocycles. The Morgan fingerprint density at radius 2 is 1.77 bits per heavy atom. The zero-order valence-electron chi connectivity index (χ0n) is 12.9.